The van der Waals surface area contributed by atoms with Crippen molar-refractivity contribution in [2.45, 2.75) is 6.92 Å². The molecular weight excluding hydrogens is 234 g/mol. The second-order valence-electron chi connectivity index (χ2n) is 4.00. The van der Waals surface area contributed by atoms with E-state index in [4.69, 9.17) is 4.42 Å². The molecule has 0 aliphatic carbocycles. The number of imidazole rings is 1. The van der Waals surface area contributed by atoms with Gasteiger partial charge in [0.25, 0.3) is 0 Å². The number of benzene rings is 1. The lowest BCUT2D eigenvalue weighted by molar-refractivity contribution is -0.401. The molecule has 1 aromatic carbocycles. The standard InChI is InChI=1S/C12H9N3O3/c1-7-2-3-8-9(6-7)14-12(13-8)10-4-5-11(18-10)15(16)17/h2-6H,1H3,(H,13,14). The molecule has 90 valence electrons. The number of H-pyrrole nitrogens is 1. The van der Waals surface area contributed by atoms with Crippen LogP contribution in [0, 0.1) is 17.0 Å². The van der Waals surface area contributed by atoms with Gasteiger partial charge in [0, 0.05) is 0 Å². The highest BCUT2D eigenvalue weighted by atomic mass is 16.6. The van der Waals surface area contributed by atoms with Crippen LogP contribution in [0.15, 0.2) is 34.7 Å². The maximum atomic E-state index is 10.5. The summed E-state index contributed by atoms with van der Waals surface area (Å²) in [5, 5.41) is 10.5. The average Bonchev–Trinajstić information content (AvgIpc) is 2.93. The molecule has 0 saturated heterocycles. The van der Waals surface area contributed by atoms with E-state index in [2.05, 4.69) is 9.97 Å². The molecule has 0 saturated carbocycles. The number of aryl methyl sites for hydroxylation is 1. The Kier molecular flexibility index (Phi) is 2.16. The highest BCUT2D eigenvalue weighted by Gasteiger charge is 2.15. The first kappa shape index (κ1) is 10.5. The molecule has 0 spiro atoms. The third kappa shape index (κ3) is 1.64. The number of hydrogen-bond donors (Lipinski definition) is 1. The SMILES string of the molecule is Cc1ccc2nc(-c3ccc([N+](=O)[O-])o3)[nH]c2c1. The van der Waals surface area contributed by atoms with E-state index in [1.54, 1.807) is 0 Å². The molecule has 18 heavy (non-hydrogen) atoms. The quantitative estimate of drug-likeness (QED) is 0.553. The zero-order valence-electron chi connectivity index (χ0n) is 9.51. The van der Waals surface area contributed by atoms with E-state index in [1.165, 1.54) is 12.1 Å². The number of nitrogens with one attached hydrogen (secondary N) is 1. The summed E-state index contributed by atoms with van der Waals surface area (Å²) < 4.78 is 5.10. The number of hydrogen-bond acceptors (Lipinski definition) is 4. The van der Waals surface area contributed by atoms with Gasteiger partial charge in [0.15, 0.2) is 11.6 Å². The molecule has 3 aromatic rings. The molecule has 3 rings (SSSR count). The Balaban J connectivity index is 2.10. The lowest BCUT2D eigenvalue weighted by atomic mass is 10.2. The molecule has 0 aliphatic heterocycles. The Hall–Kier alpha value is -2.63. The largest absolute Gasteiger partial charge is 0.433 e. The zero-order valence-corrected chi connectivity index (χ0v) is 9.51. The summed E-state index contributed by atoms with van der Waals surface area (Å²) in [7, 11) is 0. The molecule has 0 bridgehead atoms. The van der Waals surface area contributed by atoms with Crippen molar-refractivity contribution in [1.29, 1.82) is 0 Å². The minimum Gasteiger partial charge on any atom is -0.397 e. The molecule has 6 nitrogen and oxygen atoms in total. The van der Waals surface area contributed by atoms with Gasteiger partial charge in [0.05, 0.1) is 17.1 Å². The zero-order chi connectivity index (χ0) is 12.7. The summed E-state index contributed by atoms with van der Waals surface area (Å²) in [5.41, 5.74) is 2.79. The van der Waals surface area contributed by atoms with E-state index < -0.39 is 4.92 Å². The van der Waals surface area contributed by atoms with Crippen LogP contribution in [-0.2, 0) is 0 Å². The number of nitrogens with zero attached hydrogens (tertiary/aromatic N) is 2. The Morgan fingerprint density at radius 1 is 1.33 bits per heavy atom. The number of aromatic amines is 1. The number of rotatable bonds is 2. The third-order valence-electron chi connectivity index (χ3n) is 2.64. The number of furan rings is 1. The Morgan fingerprint density at radius 2 is 2.17 bits per heavy atom. The fourth-order valence-corrected chi connectivity index (χ4v) is 1.79. The first-order valence-electron chi connectivity index (χ1n) is 5.34. The van der Waals surface area contributed by atoms with Gasteiger partial charge >= 0.3 is 5.88 Å². The van der Waals surface area contributed by atoms with Gasteiger partial charge in [-0.2, -0.15) is 0 Å². The van der Waals surface area contributed by atoms with Gasteiger partial charge in [0.1, 0.15) is 4.92 Å². The van der Waals surface area contributed by atoms with E-state index in [1.807, 2.05) is 25.1 Å². The van der Waals surface area contributed by atoms with E-state index >= 15 is 0 Å². The van der Waals surface area contributed by atoms with Crippen molar-refractivity contribution in [3.63, 3.8) is 0 Å². The molecular formula is C12H9N3O3. The van der Waals surface area contributed by atoms with Gasteiger partial charge in [-0.1, -0.05) is 6.07 Å². The van der Waals surface area contributed by atoms with Gasteiger partial charge < -0.3 is 9.40 Å². The van der Waals surface area contributed by atoms with Crippen LogP contribution in [0.2, 0.25) is 0 Å². The summed E-state index contributed by atoms with van der Waals surface area (Å²) in [4.78, 5) is 17.4. The normalized spacial score (nSPS) is 10.9. The van der Waals surface area contributed by atoms with E-state index in [-0.39, 0.29) is 5.88 Å². The van der Waals surface area contributed by atoms with Crippen molar-refractivity contribution in [3.8, 4) is 11.6 Å². The topological polar surface area (TPSA) is 85.0 Å². The van der Waals surface area contributed by atoms with Crippen molar-refractivity contribution < 1.29 is 9.34 Å². The average molecular weight is 243 g/mol. The van der Waals surface area contributed by atoms with E-state index in [0.717, 1.165) is 16.6 Å². The minimum absolute atomic E-state index is 0.290. The van der Waals surface area contributed by atoms with Gasteiger partial charge in [-0.25, -0.2) is 4.98 Å². The minimum atomic E-state index is -0.573. The van der Waals surface area contributed by atoms with Crippen LogP contribution in [0.1, 0.15) is 5.56 Å². The first-order chi connectivity index (χ1) is 8.63. The maximum Gasteiger partial charge on any atom is 0.433 e. The monoisotopic (exact) mass is 243 g/mol. The van der Waals surface area contributed by atoms with Crippen LogP contribution in [-0.4, -0.2) is 14.9 Å². The van der Waals surface area contributed by atoms with E-state index in [0.29, 0.717) is 11.6 Å². The molecule has 2 aromatic heterocycles. The Morgan fingerprint density at radius 3 is 2.89 bits per heavy atom. The van der Waals surface area contributed by atoms with Crippen molar-refractivity contribution in [2.24, 2.45) is 0 Å². The summed E-state index contributed by atoms with van der Waals surface area (Å²) >= 11 is 0. The summed E-state index contributed by atoms with van der Waals surface area (Å²) in [6.45, 7) is 1.98. The number of fused-ring (bicyclic) bond motifs is 1. The molecule has 0 amide bonds. The number of aromatic nitrogens is 2. The summed E-state index contributed by atoms with van der Waals surface area (Å²) in [5.74, 6) is 0.556. The van der Waals surface area contributed by atoms with Gasteiger partial charge in [-0.05, 0) is 30.7 Å². The molecule has 0 aliphatic rings. The van der Waals surface area contributed by atoms with Crippen LogP contribution in [0.3, 0.4) is 0 Å². The third-order valence-corrected chi connectivity index (χ3v) is 2.64. The highest BCUT2D eigenvalue weighted by molar-refractivity contribution is 5.79. The summed E-state index contributed by atoms with van der Waals surface area (Å²) in [6.07, 6.45) is 0. The molecule has 0 radical (unpaired) electrons. The molecule has 2 heterocycles. The molecule has 0 unspecified atom stereocenters. The first-order valence-corrected chi connectivity index (χ1v) is 5.34. The molecule has 1 N–H and O–H groups in total. The Bertz CT molecular complexity index is 742. The highest BCUT2D eigenvalue weighted by Crippen LogP contribution is 2.26. The van der Waals surface area contributed by atoms with Crippen LogP contribution >= 0.6 is 0 Å². The molecule has 6 heteroatoms. The smallest absolute Gasteiger partial charge is 0.397 e. The van der Waals surface area contributed by atoms with Gasteiger partial charge in [0.2, 0.25) is 0 Å². The van der Waals surface area contributed by atoms with Crippen LogP contribution in [0.4, 0.5) is 5.88 Å². The van der Waals surface area contributed by atoms with E-state index in [9.17, 15) is 10.1 Å². The predicted molar refractivity (Wildman–Crippen MR) is 65.2 cm³/mol. The number of nitro groups is 1. The lowest BCUT2D eigenvalue weighted by Gasteiger charge is -1.89. The second-order valence-corrected chi connectivity index (χ2v) is 4.00. The van der Waals surface area contributed by atoms with Crippen molar-refractivity contribution in [3.05, 3.63) is 46.0 Å². The van der Waals surface area contributed by atoms with Crippen LogP contribution in [0.25, 0.3) is 22.6 Å². The predicted octanol–water partition coefficient (Wildman–Crippen LogP) is 3.04. The fourth-order valence-electron chi connectivity index (χ4n) is 1.79. The van der Waals surface area contributed by atoms with Gasteiger partial charge in [-0.3, -0.25) is 10.1 Å². The van der Waals surface area contributed by atoms with Crippen LogP contribution < -0.4 is 0 Å². The van der Waals surface area contributed by atoms with Crippen LogP contribution in [0.5, 0.6) is 0 Å². The maximum absolute atomic E-state index is 10.5. The molecule has 0 atom stereocenters. The lowest BCUT2D eigenvalue weighted by Crippen LogP contribution is -1.83. The van der Waals surface area contributed by atoms with Crippen molar-refractivity contribution >= 4 is 16.9 Å². The molecule has 0 fully saturated rings. The van der Waals surface area contributed by atoms with Gasteiger partial charge in [-0.15, -0.1) is 0 Å². The fraction of sp³-hybridized carbons (Fsp3) is 0.0833. The van der Waals surface area contributed by atoms with Crippen molar-refractivity contribution in [1.82, 2.24) is 9.97 Å². The second kappa shape index (κ2) is 3.69. The van der Waals surface area contributed by atoms with Crippen molar-refractivity contribution in [2.75, 3.05) is 0 Å². The summed E-state index contributed by atoms with van der Waals surface area (Å²) in [6, 6.07) is 8.65. The Labute approximate surface area is 101 Å².